The van der Waals surface area contributed by atoms with Crippen molar-refractivity contribution in [3.8, 4) is 5.75 Å². The minimum Gasteiger partial charge on any atom is -0.455 e. The fourth-order valence-corrected chi connectivity index (χ4v) is 1.12. The smallest absolute Gasteiger partial charge is 0.455 e. The molecular formula is C12H16O4. The van der Waals surface area contributed by atoms with Gasteiger partial charge in [0, 0.05) is 6.92 Å². The highest BCUT2D eigenvalue weighted by atomic mass is 16.8. The van der Waals surface area contributed by atoms with Crippen LogP contribution >= 0.6 is 0 Å². The van der Waals surface area contributed by atoms with E-state index in [-0.39, 0.29) is 6.61 Å². The van der Waals surface area contributed by atoms with Crippen LogP contribution in [0.25, 0.3) is 0 Å². The number of benzene rings is 1. The van der Waals surface area contributed by atoms with Gasteiger partial charge in [-0.3, -0.25) is 0 Å². The molecule has 88 valence electrons. The summed E-state index contributed by atoms with van der Waals surface area (Å²) in [7, 11) is 0. The highest BCUT2D eigenvalue weighted by Crippen LogP contribution is 2.13. The lowest BCUT2D eigenvalue weighted by Crippen LogP contribution is -2.21. The van der Waals surface area contributed by atoms with E-state index >= 15 is 0 Å². The SMILES string of the molecule is CCOC(=O)OC(C)Oc1ccc(C)cc1. The molecule has 0 aliphatic heterocycles. The van der Waals surface area contributed by atoms with Gasteiger partial charge in [-0.1, -0.05) is 17.7 Å². The van der Waals surface area contributed by atoms with Gasteiger partial charge in [-0.2, -0.15) is 0 Å². The fourth-order valence-electron chi connectivity index (χ4n) is 1.12. The van der Waals surface area contributed by atoms with Gasteiger partial charge in [-0.05, 0) is 26.0 Å². The predicted octanol–water partition coefficient (Wildman–Crippen LogP) is 2.89. The first-order valence-electron chi connectivity index (χ1n) is 5.18. The Bertz CT molecular complexity index is 331. The first kappa shape index (κ1) is 12.4. The molecule has 1 aromatic carbocycles. The Morgan fingerprint density at radius 1 is 1.31 bits per heavy atom. The van der Waals surface area contributed by atoms with E-state index in [9.17, 15) is 4.79 Å². The summed E-state index contributed by atoms with van der Waals surface area (Å²) in [5, 5.41) is 0. The Hall–Kier alpha value is -1.71. The standard InChI is InChI=1S/C12H16O4/c1-4-14-12(13)16-10(3)15-11-7-5-9(2)6-8-11/h5-8,10H,4H2,1-3H3. The van der Waals surface area contributed by atoms with Crippen LogP contribution in [0.1, 0.15) is 19.4 Å². The van der Waals surface area contributed by atoms with Crippen LogP contribution in [-0.4, -0.2) is 19.1 Å². The molecule has 0 heterocycles. The van der Waals surface area contributed by atoms with Crippen LogP contribution in [0.2, 0.25) is 0 Å². The van der Waals surface area contributed by atoms with Gasteiger partial charge in [0.25, 0.3) is 0 Å². The Morgan fingerprint density at radius 2 is 1.94 bits per heavy atom. The summed E-state index contributed by atoms with van der Waals surface area (Å²) in [5.41, 5.74) is 1.14. The highest BCUT2D eigenvalue weighted by molar-refractivity contribution is 5.59. The van der Waals surface area contributed by atoms with Gasteiger partial charge in [0.1, 0.15) is 5.75 Å². The molecule has 16 heavy (non-hydrogen) atoms. The van der Waals surface area contributed by atoms with Crippen molar-refractivity contribution < 1.29 is 19.0 Å². The average Bonchev–Trinajstić information content (AvgIpc) is 2.21. The van der Waals surface area contributed by atoms with Crippen LogP contribution in [0.4, 0.5) is 4.79 Å². The number of rotatable bonds is 4. The van der Waals surface area contributed by atoms with Gasteiger partial charge < -0.3 is 14.2 Å². The topological polar surface area (TPSA) is 44.8 Å². The van der Waals surface area contributed by atoms with Crippen LogP contribution in [0.15, 0.2) is 24.3 Å². The van der Waals surface area contributed by atoms with Gasteiger partial charge in [0.15, 0.2) is 0 Å². The third-order valence-corrected chi connectivity index (χ3v) is 1.85. The molecule has 0 aliphatic rings. The maximum atomic E-state index is 11.0. The van der Waals surface area contributed by atoms with E-state index < -0.39 is 12.4 Å². The van der Waals surface area contributed by atoms with Gasteiger partial charge in [0.2, 0.25) is 6.29 Å². The van der Waals surface area contributed by atoms with E-state index in [0.29, 0.717) is 5.75 Å². The normalized spacial score (nSPS) is 11.7. The highest BCUT2D eigenvalue weighted by Gasteiger charge is 2.10. The van der Waals surface area contributed by atoms with Crippen LogP contribution in [-0.2, 0) is 9.47 Å². The van der Waals surface area contributed by atoms with Crippen molar-refractivity contribution >= 4 is 6.16 Å². The van der Waals surface area contributed by atoms with Gasteiger partial charge >= 0.3 is 6.16 Å². The number of hydrogen-bond acceptors (Lipinski definition) is 4. The molecule has 1 unspecified atom stereocenters. The predicted molar refractivity (Wildman–Crippen MR) is 59.4 cm³/mol. The number of carbonyl (C=O) groups is 1. The molecule has 0 aliphatic carbocycles. The lowest BCUT2D eigenvalue weighted by Gasteiger charge is -2.14. The van der Waals surface area contributed by atoms with Crippen molar-refractivity contribution in [1.29, 1.82) is 0 Å². The van der Waals surface area contributed by atoms with E-state index in [0.717, 1.165) is 5.56 Å². The van der Waals surface area contributed by atoms with Crippen LogP contribution in [0.3, 0.4) is 0 Å². The second kappa shape index (κ2) is 6.00. The third kappa shape index (κ3) is 4.21. The first-order valence-corrected chi connectivity index (χ1v) is 5.18. The Balaban J connectivity index is 2.42. The summed E-state index contributed by atoms with van der Waals surface area (Å²) in [6.07, 6.45) is -1.39. The second-order valence-electron chi connectivity index (χ2n) is 3.30. The van der Waals surface area contributed by atoms with Crippen LogP contribution < -0.4 is 4.74 Å². The van der Waals surface area contributed by atoms with E-state index in [1.165, 1.54) is 0 Å². The van der Waals surface area contributed by atoms with Crippen molar-refractivity contribution in [2.45, 2.75) is 27.1 Å². The minimum atomic E-state index is -0.720. The zero-order valence-electron chi connectivity index (χ0n) is 9.73. The monoisotopic (exact) mass is 224 g/mol. The van der Waals surface area contributed by atoms with Gasteiger partial charge in [-0.25, -0.2) is 4.79 Å². The maximum Gasteiger partial charge on any atom is 0.511 e. The zero-order valence-corrected chi connectivity index (χ0v) is 9.73. The van der Waals surface area contributed by atoms with Crippen LogP contribution in [0.5, 0.6) is 5.75 Å². The largest absolute Gasteiger partial charge is 0.511 e. The molecule has 0 spiro atoms. The molecular weight excluding hydrogens is 208 g/mol. The minimum absolute atomic E-state index is 0.288. The van der Waals surface area contributed by atoms with E-state index in [1.54, 1.807) is 13.8 Å². The molecule has 4 heteroatoms. The lowest BCUT2D eigenvalue weighted by molar-refractivity contribution is -0.0518. The molecule has 1 aromatic rings. The average molecular weight is 224 g/mol. The summed E-state index contributed by atoms with van der Waals surface area (Å²) >= 11 is 0. The van der Waals surface area contributed by atoms with Crippen molar-refractivity contribution in [1.82, 2.24) is 0 Å². The summed E-state index contributed by atoms with van der Waals surface area (Å²) < 4.78 is 14.8. The molecule has 0 fully saturated rings. The van der Waals surface area contributed by atoms with Crippen molar-refractivity contribution in [3.63, 3.8) is 0 Å². The summed E-state index contributed by atoms with van der Waals surface area (Å²) in [6.45, 7) is 5.63. The maximum absolute atomic E-state index is 11.0. The summed E-state index contributed by atoms with van der Waals surface area (Å²) in [6, 6.07) is 7.49. The van der Waals surface area contributed by atoms with Gasteiger partial charge in [0.05, 0.1) is 6.61 Å². The second-order valence-corrected chi connectivity index (χ2v) is 3.30. The molecule has 4 nitrogen and oxygen atoms in total. The van der Waals surface area contributed by atoms with Crippen molar-refractivity contribution in [2.24, 2.45) is 0 Å². The Labute approximate surface area is 95.1 Å². The summed E-state index contributed by atoms with van der Waals surface area (Å²) in [4.78, 5) is 11.0. The van der Waals surface area contributed by atoms with E-state index in [1.807, 2.05) is 31.2 Å². The fraction of sp³-hybridized carbons (Fsp3) is 0.417. The number of hydrogen-bond donors (Lipinski definition) is 0. The number of aryl methyl sites for hydroxylation is 1. The molecule has 0 bridgehead atoms. The number of ether oxygens (including phenoxy) is 3. The Morgan fingerprint density at radius 3 is 2.50 bits per heavy atom. The quantitative estimate of drug-likeness (QED) is 0.582. The molecule has 0 radical (unpaired) electrons. The van der Waals surface area contributed by atoms with E-state index in [4.69, 9.17) is 9.47 Å². The molecule has 1 rings (SSSR count). The van der Waals surface area contributed by atoms with Crippen LogP contribution in [0, 0.1) is 6.92 Å². The molecule has 0 saturated carbocycles. The lowest BCUT2D eigenvalue weighted by atomic mass is 10.2. The van der Waals surface area contributed by atoms with E-state index in [2.05, 4.69) is 4.74 Å². The Kier molecular flexibility index (Phi) is 4.64. The van der Waals surface area contributed by atoms with Crippen molar-refractivity contribution in [2.75, 3.05) is 6.61 Å². The van der Waals surface area contributed by atoms with Gasteiger partial charge in [-0.15, -0.1) is 0 Å². The zero-order chi connectivity index (χ0) is 12.0. The molecule has 0 amide bonds. The molecule has 1 atom stereocenters. The first-order chi connectivity index (χ1) is 7.61. The molecule has 0 saturated heterocycles. The summed E-state index contributed by atoms with van der Waals surface area (Å²) in [5.74, 6) is 0.655. The molecule has 0 aromatic heterocycles. The third-order valence-electron chi connectivity index (χ3n) is 1.85. The molecule has 0 N–H and O–H groups in total. The number of carbonyl (C=O) groups excluding carboxylic acids is 1. The van der Waals surface area contributed by atoms with Crippen molar-refractivity contribution in [3.05, 3.63) is 29.8 Å².